The second-order valence-corrected chi connectivity index (χ2v) is 12.1. The van der Waals surface area contributed by atoms with Crippen LogP contribution < -0.4 is 0 Å². The van der Waals surface area contributed by atoms with Gasteiger partial charge in [-0.25, -0.2) is 0 Å². The molecule has 0 radical (unpaired) electrons. The minimum absolute atomic E-state index is 0.0561. The summed E-state index contributed by atoms with van der Waals surface area (Å²) < 4.78 is 5.04. The molecule has 0 amide bonds. The molecule has 0 saturated carbocycles. The summed E-state index contributed by atoms with van der Waals surface area (Å²) in [6.45, 7) is 4.76. The van der Waals surface area contributed by atoms with E-state index in [1.165, 1.54) is 87.8 Å². The monoisotopic (exact) mass is 522 g/mol. The van der Waals surface area contributed by atoms with Crippen LogP contribution in [-0.2, 0) is 5.41 Å². The third-order valence-electron chi connectivity index (χ3n) is 9.82. The van der Waals surface area contributed by atoms with E-state index in [1.54, 1.807) is 0 Å². The first-order valence-corrected chi connectivity index (χ1v) is 14.5. The highest BCUT2D eigenvalue weighted by atomic mass is 15.0. The van der Waals surface area contributed by atoms with Crippen LogP contribution in [0.1, 0.15) is 25.0 Å². The summed E-state index contributed by atoms with van der Waals surface area (Å²) in [5.74, 6) is 0. The van der Waals surface area contributed by atoms with Crippen LogP contribution in [-0.4, -0.2) is 8.97 Å². The molecule has 1 aliphatic rings. The molecule has 2 nitrogen and oxygen atoms in total. The second kappa shape index (κ2) is 7.16. The van der Waals surface area contributed by atoms with Gasteiger partial charge in [0.25, 0.3) is 0 Å². The number of hydrogen-bond donors (Lipinski definition) is 0. The molecule has 0 N–H and O–H groups in total. The Hall–Kier alpha value is -5.08. The normalized spacial score (nSPS) is 14.3. The summed E-state index contributed by atoms with van der Waals surface area (Å²) in [4.78, 5) is 0. The lowest BCUT2D eigenvalue weighted by molar-refractivity contribution is 0.661. The lowest BCUT2D eigenvalue weighted by atomic mass is 9.82. The zero-order chi connectivity index (χ0) is 27.0. The Morgan fingerprint density at radius 1 is 0.488 bits per heavy atom. The van der Waals surface area contributed by atoms with E-state index in [-0.39, 0.29) is 5.41 Å². The van der Waals surface area contributed by atoms with Crippen molar-refractivity contribution in [2.24, 2.45) is 0 Å². The maximum Gasteiger partial charge on any atom is 0.0642 e. The molecule has 0 spiro atoms. The van der Waals surface area contributed by atoms with Crippen LogP contribution in [0.15, 0.2) is 121 Å². The molecule has 0 aliphatic heterocycles. The molecule has 1 aliphatic carbocycles. The van der Waals surface area contributed by atoms with Crippen LogP contribution in [0, 0.1) is 0 Å². The average molecular weight is 523 g/mol. The van der Waals surface area contributed by atoms with Gasteiger partial charge in [-0.2, -0.15) is 0 Å². The van der Waals surface area contributed by atoms with Crippen LogP contribution in [0.4, 0.5) is 0 Å². The fourth-order valence-corrected chi connectivity index (χ4v) is 8.13. The van der Waals surface area contributed by atoms with Crippen molar-refractivity contribution < 1.29 is 0 Å². The Bertz CT molecular complexity index is 2540. The highest BCUT2D eigenvalue weighted by molar-refractivity contribution is 6.36. The number of benzene rings is 6. The largest absolute Gasteiger partial charge is 0.309 e. The van der Waals surface area contributed by atoms with Gasteiger partial charge in [-0.05, 0) is 58.7 Å². The van der Waals surface area contributed by atoms with Crippen molar-refractivity contribution in [1.29, 1.82) is 0 Å². The average Bonchev–Trinajstić information content (AvgIpc) is 3.70. The summed E-state index contributed by atoms with van der Waals surface area (Å²) in [5.41, 5.74) is 13.2. The van der Waals surface area contributed by atoms with E-state index in [4.69, 9.17) is 0 Å². The molecule has 0 saturated heterocycles. The van der Waals surface area contributed by atoms with Crippen LogP contribution in [0.2, 0.25) is 0 Å². The van der Waals surface area contributed by atoms with Crippen molar-refractivity contribution in [3.05, 3.63) is 132 Å². The van der Waals surface area contributed by atoms with Gasteiger partial charge in [0.1, 0.15) is 0 Å². The Labute approximate surface area is 237 Å². The number of nitrogens with zero attached hydrogens (tertiary/aromatic N) is 2. The van der Waals surface area contributed by atoms with Gasteiger partial charge in [0.05, 0.1) is 27.6 Å². The first-order valence-electron chi connectivity index (χ1n) is 14.5. The van der Waals surface area contributed by atoms with Gasteiger partial charge >= 0.3 is 0 Å². The predicted octanol–water partition coefficient (Wildman–Crippen LogP) is 10.2. The quantitative estimate of drug-likeness (QED) is 0.203. The maximum absolute atomic E-state index is 2.54. The number of para-hydroxylation sites is 3. The highest BCUT2D eigenvalue weighted by Crippen LogP contribution is 2.55. The van der Waals surface area contributed by atoms with Gasteiger partial charge in [0.15, 0.2) is 0 Å². The molecule has 192 valence electrons. The van der Waals surface area contributed by atoms with Crippen LogP contribution in [0.3, 0.4) is 0 Å². The number of aromatic nitrogens is 2. The van der Waals surface area contributed by atoms with E-state index in [0.717, 1.165) is 0 Å². The van der Waals surface area contributed by atoms with Crippen molar-refractivity contribution in [1.82, 2.24) is 8.97 Å². The van der Waals surface area contributed by atoms with Crippen LogP contribution in [0.25, 0.3) is 76.7 Å². The van der Waals surface area contributed by atoms with Crippen molar-refractivity contribution in [3.63, 3.8) is 0 Å². The first-order chi connectivity index (χ1) is 20.1. The van der Waals surface area contributed by atoms with E-state index in [2.05, 4.69) is 144 Å². The molecule has 9 aromatic rings. The molecule has 41 heavy (non-hydrogen) atoms. The fraction of sp³-hybridized carbons (Fsp3) is 0.0769. The zero-order valence-electron chi connectivity index (χ0n) is 22.9. The molecule has 10 rings (SSSR count). The minimum atomic E-state index is -0.0561. The van der Waals surface area contributed by atoms with Crippen molar-refractivity contribution in [2.75, 3.05) is 0 Å². The molecule has 0 bridgehead atoms. The molecule has 0 fully saturated rings. The summed E-state index contributed by atoms with van der Waals surface area (Å²) in [5, 5.41) is 7.97. The SMILES string of the molecule is CC1(C)c2ccccc2-c2c1ccc1c2c2c3c(cc4c5ccccc5n1c42)c1ccccc1n3-c1ccccc1. The fourth-order valence-electron chi connectivity index (χ4n) is 8.13. The summed E-state index contributed by atoms with van der Waals surface area (Å²) in [6.07, 6.45) is 0. The highest BCUT2D eigenvalue weighted by Gasteiger charge is 2.38. The van der Waals surface area contributed by atoms with Crippen molar-refractivity contribution >= 4 is 59.9 Å². The second-order valence-electron chi connectivity index (χ2n) is 12.1. The number of hydrogen-bond acceptors (Lipinski definition) is 0. The Morgan fingerprint density at radius 2 is 1.15 bits per heavy atom. The Balaban J connectivity index is 1.58. The molecule has 0 atom stereocenters. The Kier molecular flexibility index (Phi) is 3.79. The molecule has 2 heteroatoms. The number of rotatable bonds is 1. The van der Waals surface area contributed by atoms with Gasteiger partial charge in [0, 0.05) is 43.4 Å². The lowest BCUT2D eigenvalue weighted by Gasteiger charge is -2.21. The minimum Gasteiger partial charge on any atom is -0.309 e. The van der Waals surface area contributed by atoms with Gasteiger partial charge in [-0.15, -0.1) is 0 Å². The smallest absolute Gasteiger partial charge is 0.0642 e. The van der Waals surface area contributed by atoms with Crippen molar-refractivity contribution in [3.8, 4) is 16.8 Å². The zero-order valence-corrected chi connectivity index (χ0v) is 22.9. The molecule has 0 unspecified atom stereocenters. The summed E-state index contributed by atoms with van der Waals surface area (Å²) >= 11 is 0. The van der Waals surface area contributed by atoms with Gasteiger partial charge in [-0.3, -0.25) is 0 Å². The molecular formula is C39H26N2. The first kappa shape index (κ1) is 21.7. The standard InChI is InChI=1S/C39H26N2/c1-39(2)29-17-9-6-16-26(29)34-30(39)20-21-33-35(34)36-37-27(22-28-25-15-8-11-19-32(25)41(33)38(28)36)24-14-7-10-18-31(24)40(37)23-12-4-3-5-13-23/h3-22H,1-2H3. The van der Waals surface area contributed by atoms with E-state index in [1.807, 2.05) is 0 Å². The summed E-state index contributed by atoms with van der Waals surface area (Å²) in [7, 11) is 0. The van der Waals surface area contributed by atoms with E-state index < -0.39 is 0 Å². The van der Waals surface area contributed by atoms with E-state index in [0.29, 0.717) is 0 Å². The van der Waals surface area contributed by atoms with Gasteiger partial charge in [0.2, 0.25) is 0 Å². The third-order valence-corrected chi connectivity index (χ3v) is 9.82. The van der Waals surface area contributed by atoms with Crippen molar-refractivity contribution in [2.45, 2.75) is 19.3 Å². The van der Waals surface area contributed by atoms with Crippen LogP contribution in [0.5, 0.6) is 0 Å². The molecule has 3 aromatic heterocycles. The maximum atomic E-state index is 2.54. The van der Waals surface area contributed by atoms with Gasteiger partial charge in [-0.1, -0.05) is 98.8 Å². The van der Waals surface area contributed by atoms with E-state index in [9.17, 15) is 0 Å². The molecule has 3 heterocycles. The third kappa shape index (κ3) is 2.43. The Morgan fingerprint density at radius 3 is 1.98 bits per heavy atom. The topological polar surface area (TPSA) is 9.34 Å². The summed E-state index contributed by atoms with van der Waals surface area (Å²) in [6, 6.07) is 45.0. The van der Waals surface area contributed by atoms with Crippen LogP contribution >= 0.6 is 0 Å². The predicted molar refractivity (Wildman–Crippen MR) is 173 cm³/mol. The van der Waals surface area contributed by atoms with E-state index >= 15 is 0 Å². The molecule has 6 aromatic carbocycles. The number of fused-ring (bicyclic) bond motifs is 14. The molecular weight excluding hydrogens is 496 g/mol. The lowest BCUT2D eigenvalue weighted by Crippen LogP contribution is -2.14. The van der Waals surface area contributed by atoms with Gasteiger partial charge < -0.3 is 8.97 Å².